The van der Waals surface area contributed by atoms with Gasteiger partial charge in [0.25, 0.3) is 0 Å². The molecule has 0 saturated carbocycles. The number of nitrogens with zero attached hydrogens (tertiary/aromatic N) is 1. The van der Waals surface area contributed by atoms with Crippen LogP contribution in [0.25, 0.3) is 0 Å². The first-order chi connectivity index (χ1) is 6.97. The summed E-state index contributed by atoms with van der Waals surface area (Å²) in [7, 11) is 0. The molecular weight excluding hydrogens is 250 g/mol. The lowest BCUT2D eigenvalue weighted by Crippen LogP contribution is -2.35. The van der Waals surface area contributed by atoms with Gasteiger partial charge in [-0.3, -0.25) is 0 Å². The Morgan fingerprint density at radius 3 is 2.00 bits per heavy atom. The first kappa shape index (κ1) is 15.4. The van der Waals surface area contributed by atoms with Crippen molar-refractivity contribution in [3.05, 3.63) is 0 Å². The lowest BCUT2D eigenvalue weighted by molar-refractivity contribution is 0.185. The summed E-state index contributed by atoms with van der Waals surface area (Å²) >= 11 is 3.51. The molecule has 2 heteroatoms. The highest BCUT2D eigenvalue weighted by atomic mass is 79.9. The third-order valence-electron chi connectivity index (χ3n) is 2.84. The molecule has 0 spiro atoms. The van der Waals surface area contributed by atoms with Gasteiger partial charge in [-0.2, -0.15) is 0 Å². The van der Waals surface area contributed by atoms with Crippen LogP contribution in [0, 0.1) is 11.8 Å². The zero-order valence-corrected chi connectivity index (χ0v) is 12.7. The van der Waals surface area contributed by atoms with Crippen LogP contribution in [0.3, 0.4) is 0 Å². The molecule has 0 bridgehead atoms. The van der Waals surface area contributed by atoms with Gasteiger partial charge in [0, 0.05) is 17.9 Å². The first-order valence-corrected chi connectivity index (χ1v) is 7.39. The summed E-state index contributed by atoms with van der Waals surface area (Å²) in [6.07, 6.45) is 2.63. The SMILES string of the molecule is CC(C)CN(CCC(C)CCBr)C(C)C. The molecule has 0 aliphatic carbocycles. The van der Waals surface area contributed by atoms with Crippen molar-refractivity contribution in [2.24, 2.45) is 11.8 Å². The van der Waals surface area contributed by atoms with Crippen LogP contribution < -0.4 is 0 Å². The average molecular weight is 278 g/mol. The lowest BCUT2D eigenvalue weighted by atomic mass is 10.0. The molecule has 0 N–H and O–H groups in total. The summed E-state index contributed by atoms with van der Waals surface area (Å²) in [5, 5.41) is 1.14. The monoisotopic (exact) mass is 277 g/mol. The van der Waals surface area contributed by atoms with Gasteiger partial charge in [0.05, 0.1) is 0 Å². The zero-order chi connectivity index (χ0) is 11.8. The quantitative estimate of drug-likeness (QED) is 0.602. The first-order valence-electron chi connectivity index (χ1n) is 6.27. The van der Waals surface area contributed by atoms with Crippen molar-refractivity contribution in [3.8, 4) is 0 Å². The Kier molecular flexibility index (Phi) is 8.83. The maximum atomic E-state index is 3.51. The van der Waals surface area contributed by atoms with Crippen molar-refractivity contribution in [2.45, 2.75) is 53.5 Å². The molecule has 15 heavy (non-hydrogen) atoms. The molecule has 0 radical (unpaired) electrons. The highest BCUT2D eigenvalue weighted by Crippen LogP contribution is 2.12. The van der Waals surface area contributed by atoms with Gasteiger partial charge >= 0.3 is 0 Å². The highest BCUT2D eigenvalue weighted by molar-refractivity contribution is 9.09. The lowest BCUT2D eigenvalue weighted by Gasteiger charge is -2.29. The third kappa shape index (κ3) is 8.27. The van der Waals surface area contributed by atoms with Crippen molar-refractivity contribution < 1.29 is 0 Å². The Labute approximate surface area is 105 Å². The van der Waals surface area contributed by atoms with E-state index in [9.17, 15) is 0 Å². The minimum atomic E-state index is 0.684. The molecule has 0 fully saturated rings. The minimum absolute atomic E-state index is 0.684. The van der Waals surface area contributed by atoms with Crippen LogP contribution in [0.2, 0.25) is 0 Å². The molecule has 0 rings (SSSR count). The van der Waals surface area contributed by atoms with Gasteiger partial charge in [0.2, 0.25) is 0 Å². The fourth-order valence-corrected chi connectivity index (χ4v) is 2.53. The van der Waals surface area contributed by atoms with E-state index in [4.69, 9.17) is 0 Å². The van der Waals surface area contributed by atoms with Gasteiger partial charge < -0.3 is 4.90 Å². The fourth-order valence-electron chi connectivity index (χ4n) is 1.75. The van der Waals surface area contributed by atoms with Gasteiger partial charge in [0.15, 0.2) is 0 Å². The Hall–Kier alpha value is 0.440. The van der Waals surface area contributed by atoms with Gasteiger partial charge in [0.1, 0.15) is 0 Å². The Bertz CT molecular complexity index is 145. The van der Waals surface area contributed by atoms with Crippen molar-refractivity contribution in [2.75, 3.05) is 18.4 Å². The summed E-state index contributed by atoms with van der Waals surface area (Å²) < 4.78 is 0. The Morgan fingerprint density at radius 2 is 1.60 bits per heavy atom. The average Bonchev–Trinajstić information content (AvgIpc) is 2.11. The number of rotatable bonds is 8. The second kappa shape index (κ2) is 8.58. The summed E-state index contributed by atoms with van der Waals surface area (Å²) in [6, 6.07) is 0.684. The van der Waals surface area contributed by atoms with Crippen molar-refractivity contribution in [1.29, 1.82) is 0 Å². The van der Waals surface area contributed by atoms with E-state index in [0.29, 0.717) is 6.04 Å². The van der Waals surface area contributed by atoms with E-state index < -0.39 is 0 Å². The molecule has 0 aromatic carbocycles. The predicted molar refractivity (Wildman–Crippen MR) is 73.7 cm³/mol. The van der Waals surface area contributed by atoms with E-state index in [0.717, 1.165) is 17.2 Å². The molecule has 0 amide bonds. The summed E-state index contributed by atoms with van der Waals surface area (Å²) in [6.45, 7) is 14.1. The Morgan fingerprint density at radius 1 is 1.00 bits per heavy atom. The molecule has 1 unspecified atom stereocenters. The topological polar surface area (TPSA) is 3.24 Å². The maximum absolute atomic E-state index is 3.51. The number of hydrogen-bond donors (Lipinski definition) is 0. The van der Waals surface area contributed by atoms with Crippen LogP contribution in [0.1, 0.15) is 47.5 Å². The molecular formula is C13H28BrN. The molecule has 1 atom stereocenters. The highest BCUT2D eigenvalue weighted by Gasteiger charge is 2.12. The molecule has 0 saturated heterocycles. The largest absolute Gasteiger partial charge is 0.301 e. The normalized spacial score (nSPS) is 14.2. The van der Waals surface area contributed by atoms with Crippen LogP contribution >= 0.6 is 15.9 Å². The Balaban J connectivity index is 3.85. The predicted octanol–water partition coefficient (Wildman–Crippen LogP) is 4.16. The minimum Gasteiger partial charge on any atom is -0.301 e. The van der Waals surface area contributed by atoms with Gasteiger partial charge in [-0.15, -0.1) is 0 Å². The van der Waals surface area contributed by atoms with Crippen LogP contribution in [-0.2, 0) is 0 Å². The third-order valence-corrected chi connectivity index (χ3v) is 3.30. The molecule has 0 aliphatic heterocycles. The van der Waals surface area contributed by atoms with Crippen LogP contribution in [-0.4, -0.2) is 29.4 Å². The maximum Gasteiger partial charge on any atom is 0.00387 e. The van der Waals surface area contributed by atoms with Crippen LogP contribution in [0.5, 0.6) is 0 Å². The van der Waals surface area contributed by atoms with Crippen molar-refractivity contribution >= 4 is 15.9 Å². The second-order valence-electron chi connectivity index (χ2n) is 5.35. The van der Waals surface area contributed by atoms with Crippen molar-refractivity contribution in [1.82, 2.24) is 4.90 Å². The fraction of sp³-hybridized carbons (Fsp3) is 1.00. The van der Waals surface area contributed by atoms with Crippen LogP contribution in [0.15, 0.2) is 0 Å². The summed E-state index contributed by atoms with van der Waals surface area (Å²) in [5.41, 5.74) is 0. The molecule has 0 heterocycles. The molecule has 0 aliphatic rings. The van der Waals surface area contributed by atoms with E-state index in [-0.39, 0.29) is 0 Å². The summed E-state index contributed by atoms with van der Waals surface area (Å²) in [4.78, 5) is 2.61. The number of hydrogen-bond acceptors (Lipinski definition) is 1. The van der Waals surface area contributed by atoms with E-state index >= 15 is 0 Å². The van der Waals surface area contributed by atoms with E-state index in [1.807, 2.05) is 0 Å². The summed E-state index contributed by atoms with van der Waals surface area (Å²) in [5.74, 6) is 1.62. The number of halogens is 1. The van der Waals surface area contributed by atoms with Gasteiger partial charge in [-0.25, -0.2) is 0 Å². The molecule has 1 nitrogen and oxygen atoms in total. The zero-order valence-electron chi connectivity index (χ0n) is 11.1. The van der Waals surface area contributed by atoms with E-state index in [1.54, 1.807) is 0 Å². The molecule has 0 aromatic rings. The number of alkyl halides is 1. The molecule has 0 aromatic heterocycles. The van der Waals surface area contributed by atoms with E-state index in [2.05, 4.69) is 55.4 Å². The van der Waals surface area contributed by atoms with E-state index in [1.165, 1.54) is 25.9 Å². The standard InChI is InChI=1S/C13H28BrN/c1-11(2)10-15(12(3)4)9-7-13(5)6-8-14/h11-13H,6-10H2,1-5H3. The van der Waals surface area contributed by atoms with Gasteiger partial charge in [-0.1, -0.05) is 36.7 Å². The van der Waals surface area contributed by atoms with Gasteiger partial charge in [-0.05, 0) is 45.1 Å². The smallest absolute Gasteiger partial charge is 0.00387 e. The van der Waals surface area contributed by atoms with Crippen molar-refractivity contribution in [3.63, 3.8) is 0 Å². The second-order valence-corrected chi connectivity index (χ2v) is 6.15. The van der Waals surface area contributed by atoms with Crippen LogP contribution in [0.4, 0.5) is 0 Å². The molecule has 92 valence electrons.